The molecule has 0 spiro atoms. The molecule has 0 unspecified atom stereocenters. The quantitative estimate of drug-likeness (QED) is 0.590. The van der Waals surface area contributed by atoms with Crippen molar-refractivity contribution < 1.29 is 9.48 Å². The zero-order chi connectivity index (χ0) is 14.3. The van der Waals surface area contributed by atoms with E-state index in [9.17, 15) is 0 Å². The van der Waals surface area contributed by atoms with Crippen molar-refractivity contribution in [1.29, 1.82) is 0 Å². The number of nitrogens with zero attached hydrogens (tertiary/aromatic N) is 1. The van der Waals surface area contributed by atoms with Gasteiger partial charge in [0.1, 0.15) is 20.3 Å². The lowest BCUT2D eigenvalue weighted by Gasteiger charge is -2.05. The standard InChI is InChI=1S/C17H27N2/c1-6-7-8-15-9-11-16(12-10-15)17(13-18(2)3)14-19(4)5/h9-14H,6-8H2,1-5H3/q+1/p+1. The van der Waals surface area contributed by atoms with Crippen molar-refractivity contribution in [2.75, 3.05) is 28.2 Å². The molecular formula is C17H28N2+2. The van der Waals surface area contributed by atoms with Crippen LogP contribution in [0, 0.1) is 0 Å². The molecule has 1 aromatic carbocycles. The number of hydrogen-bond donors (Lipinski definition) is 1. The third-order valence-corrected chi connectivity index (χ3v) is 2.95. The highest BCUT2D eigenvalue weighted by atomic mass is 15.0. The van der Waals surface area contributed by atoms with Crippen molar-refractivity contribution in [1.82, 2.24) is 0 Å². The van der Waals surface area contributed by atoms with Crippen molar-refractivity contribution in [2.24, 2.45) is 0 Å². The second kappa shape index (κ2) is 7.90. The molecule has 0 radical (unpaired) electrons. The molecule has 0 amide bonds. The highest BCUT2D eigenvalue weighted by Gasteiger charge is 2.06. The summed E-state index contributed by atoms with van der Waals surface area (Å²) in [4.78, 5) is 1.32. The van der Waals surface area contributed by atoms with E-state index in [-0.39, 0.29) is 0 Å². The first-order valence-corrected chi connectivity index (χ1v) is 7.15. The average Bonchev–Trinajstić information content (AvgIpc) is 2.35. The minimum absolute atomic E-state index is 1.19. The van der Waals surface area contributed by atoms with Gasteiger partial charge in [-0.15, -0.1) is 0 Å². The van der Waals surface area contributed by atoms with Gasteiger partial charge in [0.2, 0.25) is 0 Å². The summed E-state index contributed by atoms with van der Waals surface area (Å²) in [6, 6.07) is 8.99. The molecule has 0 saturated carbocycles. The van der Waals surface area contributed by atoms with Crippen LogP contribution in [0.3, 0.4) is 0 Å². The number of rotatable bonds is 6. The van der Waals surface area contributed by atoms with E-state index < -0.39 is 0 Å². The predicted molar refractivity (Wildman–Crippen MR) is 84.0 cm³/mol. The van der Waals surface area contributed by atoms with Gasteiger partial charge in [-0.2, -0.15) is 0 Å². The number of aryl methyl sites for hydroxylation is 1. The van der Waals surface area contributed by atoms with E-state index in [2.05, 4.69) is 76.4 Å². The Labute approximate surface area is 118 Å². The highest BCUT2D eigenvalue weighted by molar-refractivity contribution is 6.06. The van der Waals surface area contributed by atoms with E-state index >= 15 is 0 Å². The summed E-state index contributed by atoms with van der Waals surface area (Å²) < 4.78 is 2.10. The molecule has 1 aromatic rings. The van der Waals surface area contributed by atoms with E-state index in [0.717, 1.165) is 0 Å². The molecule has 0 fully saturated rings. The Balaban J connectivity index is 2.95. The van der Waals surface area contributed by atoms with Crippen LogP contribution in [0.1, 0.15) is 30.9 Å². The fourth-order valence-corrected chi connectivity index (χ4v) is 2.03. The van der Waals surface area contributed by atoms with E-state index in [1.54, 1.807) is 0 Å². The van der Waals surface area contributed by atoms with E-state index in [0.29, 0.717) is 0 Å². The number of allylic oxidation sites excluding steroid dienone is 1. The molecule has 0 bridgehead atoms. The lowest BCUT2D eigenvalue weighted by atomic mass is 10.0. The Kier molecular flexibility index (Phi) is 6.51. The average molecular weight is 260 g/mol. The van der Waals surface area contributed by atoms with Gasteiger partial charge in [-0.05, 0) is 24.0 Å². The van der Waals surface area contributed by atoms with Gasteiger partial charge in [-0.3, -0.25) is 0 Å². The number of nitrogens with one attached hydrogen (secondary N) is 1. The van der Waals surface area contributed by atoms with Gasteiger partial charge < -0.3 is 4.90 Å². The molecule has 0 aliphatic rings. The Morgan fingerprint density at radius 3 is 2.26 bits per heavy atom. The van der Waals surface area contributed by atoms with Gasteiger partial charge in [-0.25, -0.2) is 4.58 Å². The monoisotopic (exact) mass is 260 g/mol. The van der Waals surface area contributed by atoms with Crippen molar-refractivity contribution in [3.8, 4) is 0 Å². The fourth-order valence-electron chi connectivity index (χ4n) is 2.03. The molecule has 1 N–H and O–H groups in total. The Bertz CT molecular complexity index is 435. The number of quaternary nitrogens is 1. The second-order valence-electron chi connectivity index (χ2n) is 5.57. The van der Waals surface area contributed by atoms with E-state index in [1.165, 1.54) is 40.9 Å². The normalized spacial score (nSPS) is 11.8. The van der Waals surface area contributed by atoms with Crippen LogP contribution in [0.15, 0.2) is 30.5 Å². The molecule has 0 heterocycles. The van der Waals surface area contributed by atoms with Crippen LogP contribution in [-0.4, -0.2) is 39.0 Å². The zero-order valence-corrected chi connectivity index (χ0v) is 13.0. The van der Waals surface area contributed by atoms with Crippen LogP contribution >= 0.6 is 0 Å². The lowest BCUT2D eigenvalue weighted by Crippen LogP contribution is -3.00. The number of hydrogen-bond acceptors (Lipinski definition) is 0. The molecule has 2 nitrogen and oxygen atoms in total. The van der Waals surface area contributed by atoms with Crippen LogP contribution in [0.25, 0.3) is 5.57 Å². The van der Waals surface area contributed by atoms with Gasteiger partial charge in [0.05, 0.1) is 19.7 Å². The lowest BCUT2D eigenvalue weighted by molar-refractivity contribution is -0.800. The summed E-state index contributed by atoms with van der Waals surface area (Å²) in [7, 11) is 8.40. The number of benzene rings is 1. The molecule has 0 atom stereocenters. The summed E-state index contributed by atoms with van der Waals surface area (Å²) in [5.41, 5.74) is 3.99. The molecule has 0 aliphatic heterocycles. The topological polar surface area (TPSA) is 7.45 Å². The van der Waals surface area contributed by atoms with Gasteiger partial charge >= 0.3 is 0 Å². The largest absolute Gasteiger partial charge is 0.313 e. The third kappa shape index (κ3) is 5.84. The maximum Gasteiger partial charge on any atom is 0.176 e. The van der Waals surface area contributed by atoms with Crippen molar-refractivity contribution in [3.63, 3.8) is 0 Å². The van der Waals surface area contributed by atoms with Crippen LogP contribution < -0.4 is 4.90 Å². The minimum atomic E-state index is 1.19. The fraction of sp³-hybridized carbons (Fsp3) is 0.471. The molecule has 19 heavy (non-hydrogen) atoms. The van der Waals surface area contributed by atoms with Gasteiger partial charge in [-0.1, -0.05) is 37.6 Å². The summed E-state index contributed by atoms with van der Waals surface area (Å²) in [5.74, 6) is 0. The second-order valence-corrected chi connectivity index (χ2v) is 5.57. The zero-order valence-electron chi connectivity index (χ0n) is 13.0. The van der Waals surface area contributed by atoms with Crippen LogP contribution in [0.5, 0.6) is 0 Å². The third-order valence-electron chi connectivity index (χ3n) is 2.95. The predicted octanol–water partition coefficient (Wildman–Crippen LogP) is 1.86. The Morgan fingerprint density at radius 2 is 1.79 bits per heavy atom. The molecule has 0 saturated heterocycles. The summed E-state index contributed by atoms with van der Waals surface area (Å²) >= 11 is 0. The first kappa shape index (κ1) is 15.6. The van der Waals surface area contributed by atoms with Crippen LogP contribution in [-0.2, 0) is 6.42 Å². The van der Waals surface area contributed by atoms with Crippen LogP contribution in [0.2, 0.25) is 0 Å². The van der Waals surface area contributed by atoms with E-state index in [1.807, 2.05) is 0 Å². The van der Waals surface area contributed by atoms with Crippen molar-refractivity contribution in [3.05, 3.63) is 41.6 Å². The van der Waals surface area contributed by atoms with Gasteiger partial charge in [0.25, 0.3) is 0 Å². The molecule has 104 valence electrons. The SMILES string of the molecule is CCCCc1ccc(/C(C=[N+](C)C)=C/[NH+](C)C)cc1. The highest BCUT2D eigenvalue weighted by Crippen LogP contribution is 2.14. The minimum Gasteiger partial charge on any atom is -0.313 e. The molecule has 0 aliphatic carbocycles. The van der Waals surface area contributed by atoms with Gasteiger partial charge in [0, 0.05) is 0 Å². The van der Waals surface area contributed by atoms with E-state index in [4.69, 9.17) is 0 Å². The molecule has 2 heteroatoms. The summed E-state index contributed by atoms with van der Waals surface area (Å²) in [5, 5.41) is 0. The van der Waals surface area contributed by atoms with Gasteiger partial charge in [0.15, 0.2) is 6.21 Å². The molecular weight excluding hydrogens is 232 g/mol. The summed E-state index contributed by atoms with van der Waals surface area (Å²) in [6.45, 7) is 2.24. The molecule has 0 aromatic heterocycles. The van der Waals surface area contributed by atoms with Crippen molar-refractivity contribution in [2.45, 2.75) is 26.2 Å². The first-order valence-electron chi connectivity index (χ1n) is 7.15. The molecule has 1 rings (SSSR count). The Morgan fingerprint density at radius 1 is 1.16 bits per heavy atom. The summed E-state index contributed by atoms with van der Waals surface area (Å²) in [6.07, 6.45) is 8.13. The first-order chi connectivity index (χ1) is 9.02. The van der Waals surface area contributed by atoms with Crippen molar-refractivity contribution >= 4 is 11.8 Å². The van der Waals surface area contributed by atoms with Crippen LogP contribution in [0.4, 0.5) is 0 Å². The smallest absolute Gasteiger partial charge is 0.176 e. The maximum atomic E-state index is 2.26. The Hall–Kier alpha value is -1.41. The maximum absolute atomic E-state index is 2.26. The number of unbranched alkanes of at least 4 members (excludes halogenated alkanes) is 1.